The Morgan fingerprint density at radius 2 is 1.67 bits per heavy atom. The number of benzene rings is 2. The topological polar surface area (TPSA) is 105 Å². The van der Waals surface area contributed by atoms with E-state index in [9.17, 15) is 14.4 Å². The van der Waals surface area contributed by atoms with Crippen LogP contribution in [0.25, 0.3) is 0 Å². The Kier molecular flexibility index (Phi) is 7.37. The summed E-state index contributed by atoms with van der Waals surface area (Å²) in [5, 5.41) is 13.6. The van der Waals surface area contributed by atoms with E-state index in [2.05, 4.69) is 10.6 Å². The third-order valence-corrected chi connectivity index (χ3v) is 3.86. The van der Waals surface area contributed by atoms with E-state index in [1.54, 1.807) is 19.2 Å². The first-order valence-corrected chi connectivity index (χ1v) is 8.51. The van der Waals surface area contributed by atoms with Crippen LogP contribution in [0.2, 0.25) is 0 Å². The minimum atomic E-state index is -1.11. The average Bonchev–Trinajstić information content (AvgIpc) is 2.67. The van der Waals surface area contributed by atoms with Gasteiger partial charge in [-0.1, -0.05) is 12.1 Å². The van der Waals surface area contributed by atoms with Crippen LogP contribution >= 0.6 is 0 Å². The first-order valence-electron chi connectivity index (χ1n) is 8.51. The van der Waals surface area contributed by atoms with Crippen molar-refractivity contribution in [3.05, 3.63) is 59.7 Å². The Labute approximate surface area is 157 Å². The monoisotopic (exact) mass is 370 g/mol. The number of aryl methyl sites for hydroxylation is 1. The molecule has 142 valence electrons. The molecule has 27 heavy (non-hydrogen) atoms. The summed E-state index contributed by atoms with van der Waals surface area (Å²) in [6, 6.07) is 14.0. The van der Waals surface area contributed by atoms with Gasteiger partial charge in [0.15, 0.2) is 0 Å². The number of anilines is 1. The van der Waals surface area contributed by atoms with Crippen LogP contribution in [0.5, 0.6) is 5.75 Å². The molecule has 0 bridgehead atoms. The van der Waals surface area contributed by atoms with Crippen molar-refractivity contribution in [3.63, 3.8) is 0 Å². The molecule has 0 aromatic heterocycles. The van der Waals surface area contributed by atoms with Gasteiger partial charge in [0, 0.05) is 17.7 Å². The highest BCUT2D eigenvalue weighted by Crippen LogP contribution is 2.14. The third-order valence-electron chi connectivity index (χ3n) is 3.86. The number of hydrogen-bond acceptors (Lipinski definition) is 4. The molecule has 2 aromatic carbocycles. The minimum absolute atomic E-state index is 0.105. The predicted octanol–water partition coefficient (Wildman–Crippen LogP) is 2.47. The van der Waals surface area contributed by atoms with Crippen molar-refractivity contribution in [2.45, 2.75) is 19.3 Å². The van der Waals surface area contributed by atoms with Gasteiger partial charge in [-0.2, -0.15) is 0 Å². The smallest absolute Gasteiger partial charge is 0.322 e. The van der Waals surface area contributed by atoms with Gasteiger partial charge in [-0.05, 0) is 54.8 Å². The van der Waals surface area contributed by atoms with Gasteiger partial charge in [0.1, 0.15) is 12.3 Å². The minimum Gasteiger partial charge on any atom is -0.497 e. The summed E-state index contributed by atoms with van der Waals surface area (Å²) < 4.78 is 5.11. The zero-order chi connectivity index (χ0) is 19.6. The Morgan fingerprint density at radius 3 is 2.26 bits per heavy atom. The van der Waals surface area contributed by atoms with Gasteiger partial charge in [0.2, 0.25) is 5.91 Å². The van der Waals surface area contributed by atoms with Crippen molar-refractivity contribution in [2.75, 3.05) is 19.0 Å². The number of carboxylic acid groups (broad SMARTS) is 1. The quantitative estimate of drug-likeness (QED) is 0.629. The Balaban J connectivity index is 1.76. The van der Waals surface area contributed by atoms with Crippen LogP contribution in [-0.4, -0.2) is 36.5 Å². The summed E-state index contributed by atoms with van der Waals surface area (Å²) >= 11 is 0. The molecule has 0 aliphatic rings. The molecule has 7 nitrogen and oxygen atoms in total. The Bertz CT molecular complexity index is 785. The van der Waals surface area contributed by atoms with E-state index < -0.39 is 18.4 Å². The van der Waals surface area contributed by atoms with Crippen LogP contribution in [0.15, 0.2) is 48.5 Å². The van der Waals surface area contributed by atoms with Crippen molar-refractivity contribution in [2.24, 2.45) is 0 Å². The zero-order valence-electron chi connectivity index (χ0n) is 15.0. The zero-order valence-corrected chi connectivity index (χ0v) is 15.0. The number of rotatable bonds is 9. The lowest BCUT2D eigenvalue weighted by Gasteiger charge is -2.07. The summed E-state index contributed by atoms with van der Waals surface area (Å²) in [5.41, 5.74) is 2.05. The fraction of sp³-hybridized carbons (Fsp3) is 0.250. The van der Waals surface area contributed by atoms with E-state index in [-0.39, 0.29) is 5.91 Å². The second-order valence-corrected chi connectivity index (χ2v) is 5.90. The van der Waals surface area contributed by atoms with Crippen LogP contribution in [0, 0.1) is 0 Å². The molecule has 0 aliphatic carbocycles. The fourth-order valence-electron chi connectivity index (χ4n) is 2.43. The van der Waals surface area contributed by atoms with Crippen molar-refractivity contribution in [3.8, 4) is 5.75 Å². The number of aliphatic carboxylic acids is 1. The first kappa shape index (κ1) is 20.0. The van der Waals surface area contributed by atoms with Crippen molar-refractivity contribution in [1.82, 2.24) is 5.32 Å². The van der Waals surface area contributed by atoms with Crippen molar-refractivity contribution in [1.29, 1.82) is 0 Å². The molecule has 0 fully saturated rings. The molecule has 7 heteroatoms. The number of amides is 2. The number of ether oxygens (including phenoxy) is 1. The fourth-order valence-corrected chi connectivity index (χ4v) is 2.43. The van der Waals surface area contributed by atoms with E-state index in [1.165, 1.54) is 12.1 Å². The van der Waals surface area contributed by atoms with E-state index in [4.69, 9.17) is 9.84 Å². The van der Waals surface area contributed by atoms with Crippen LogP contribution in [0.3, 0.4) is 0 Å². The molecule has 0 radical (unpaired) electrons. The maximum Gasteiger partial charge on any atom is 0.322 e. The maximum absolute atomic E-state index is 12.0. The van der Waals surface area contributed by atoms with Gasteiger partial charge in [-0.15, -0.1) is 0 Å². The average molecular weight is 370 g/mol. The summed E-state index contributed by atoms with van der Waals surface area (Å²) in [5.74, 6) is -0.889. The van der Waals surface area contributed by atoms with Crippen molar-refractivity contribution < 1.29 is 24.2 Å². The molecule has 0 heterocycles. The molecule has 0 unspecified atom stereocenters. The normalized spacial score (nSPS) is 10.1. The molecule has 0 saturated heterocycles. The molecule has 2 aromatic rings. The second kappa shape index (κ2) is 9.96. The van der Waals surface area contributed by atoms with Gasteiger partial charge in [0.05, 0.1) is 7.11 Å². The lowest BCUT2D eigenvalue weighted by Crippen LogP contribution is -2.29. The van der Waals surface area contributed by atoms with Crippen molar-refractivity contribution >= 4 is 23.5 Å². The Morgan fingerprint density at radius 1 is 1.00 bits per heavy atom. The van der Waals surface area contributed by atoms with E-state index in [1.807, 2.05) is 24.3 Å². The molecule has 0 aliphatic heterocycles. The SMILES string of the molecule is COc1ccc(CCCC(=O)Nc2ccc(C(=O)NCC(=O)O)cc2)cc1. The summed E-state index contributed by atoms with van der Waals surface area (Å²) in [4.78, 5) is 34.2. The van der Waals surface area contributed by atoms with Gasteiger partial charge in [-0.3, -0.25) is 14.4 Å². The predicted molar refractivity (Wildman–Crippen MR) is 101 cm³/mol. The van der Waals surface area contributed by atoms with Gasteiger partial charge < -0.3 is 20.5 Å². The van der Waals surface area contributed by atoms with E-state index >= 15 is 0 Å². The summed E-state index contributed by atoms with van der Waals surface area (Å²) in [6.45, 7) is -0.439. The van der Waals surface area contributed by atoms with E-state index in [0.29, 0.717) is 24.1 Å². The standard InChI is InChI=1S/C20H22N2O5/c1-27-17-11-5-14(6-12-17)3-2-4-18(23)22-16-9-7-15(8-10-16)20(26)21-13-19(24)25/h5-12H,2-4,13H2,1H3,(H,21,26)(H,22,23)(H,24,25). The highest BCUT2D eigenvalue weighted by atomic mass is 16.5. The molecule has 0 spiro atoms. The van der Waals surface area contributed by atoms with Crippen LogP contribution in [0.1, 0.15) is 28.8 Å². The molecule has 0 atom stereocenters. The molecular weight excluding hydrogens is 348 g/mol. The number of methoxy groups -OCH3 is 1. The van der Waals surface area contributed by atoms with Crippen LogP contribution < -0.4 is 15.4 Å². The number of nitrogens with one attached hydrogen (secondary N) is 2. The molecule has 0 saturated carbocycles. The lowest BCUT2D eigenvalue weighted by molar-refractivity contribution is -0.135. The Hall–Kier alpha value is -3.35. The number of carbonyl (C=O) groups excluding carboxylic acids is 2. The molecule has 2 amide bonds. The van der Waals surface area contributed by atoms with Crippen LogP contribution in [0.4, 0.5) is 5.69 Å². The lowest BCUT2D eigenvalue weighted by atomic mass is 10.1. The third kappa shape index (κ3) is 6.81. The molecule has 3 N–H and O–H groups in total. The highest BCUT2D eigenvalue weighted by Gasteiger charge is 2.08. The van der Waals surface area contributed by atoms with Crippen LogP contribution in [-0.2, 0) is 16.0 Å². The summed E-state index contributed by atoms with van der Waals surface area (Å²) in [7, 11) is 1.62. The number of carbonyl (C=O) groups is 3. The molecule has 2 rings (SSSR count). The molecular formula is C20H22N2O5. The number of hydrogen-bond donors (Lipinski definition) is 3. The van der Waals surface area contributed by atoms with Gasteiger partial charge in [0.25, 0.3) is 5.91 Å². The largest absolute Gasteiger partial charge is 0.497 e. The maximum atomic E-state index is 12.0. The number of carboxylic acids is 1. The van der Waals surface area contributed by atoms with Gasteiger partial charge in [-0.25, -0.2) is 0 Å². The first-order chi connectivity index (χ1) is 13.0. The summed E-state index contributed by atoms with van der Waals surface area (Å²) in [6.07, 6.45) is 1.89. The highest BCUT2D eigenvalue weighted by molar-refractivity contribution is 5.97. The van der Waals surface area contributed by atoms with E-state index in [0.717, 1.165) is 17.7 Å². The second-order valence-electron chi connectivity index (χ2n) is 5.90. The van der Waals surface area contributed by atoms with Gasteiger partial charge >= 0.3 is 5.97 Å².